The zero-order valence-electron chi connectivity index (χ0n) is 16.3. The van der Waals surface area contributed by atoms with Crippen LogP contribution in [0.25, 0.3) is 11.5 Å². The van der Waals surface area contributed by atoms with Crippen molar-refractivity contribution in [3.05, 3.63) is 71.1 Å². The molecule has 2 fully saturated rings. The van der Waals surface area contributed by atoms with Gasteiger partial charge in [-0.25, -0.2) is 8.78 Å². The van der Waals surface area contributed by atoms with E-state index < -0.39 is 0 Å². The van der Waals surface area contributed by atoms with Crippen LogP contribution >= 0.6 is 0 Å². The SMILES string of the molecule is N#Cc1ccc(CN2CCC3(CC2)C[C@H]3c2nnc(-c3cccc(F)c3)o2)c(F)c1. The molecule has 0 amide bonds. The summed E-state index contributed by atoms with van der Waals surface area (Å²) >= 11 is 0. The zero-order chi connectivity index (χ0) is 20.7. The van der Waals surface area contributed by atoms with Crippen molar-refractivity contribution in [2.24, 2.45) is 5.41 Å². The summed E-state index contributed by atoms with van der Waals surface area (Å²) in [4.78, 5) is 2.25. The van der Waals surface area contributed by atoms with Crippen molar-refractivity contribution in [1.82, 2.24) is 15.1 Å². The van der Waals surface area contributed by atoms with Gasteiger partial charge in [0.25, 0.3) is 0 Å². The first-order chi connectivity index (χ1) is 14.6. The van der Waals surface area contributed by atoms with Crippen molar-refractivity contribution < 1.29 is 13.2 Å². The first-order valence-electron chi connectivity index (χ1n) is 10.1. The minimum Gasteiger partial charge on any atom is -0.420 e. The maximum absolute atomic E-state index is 14.2. The van der Waals surface area contributed by atoms with Crippen LogP contribution in [0.15, 0.2) is 46.9 Å². The van der Waals surface area contributed by atoms with Crippen LogP contribution in [-0.4, -0.2) is 28.2 Å². The second-order valence-electron chi connectivity index (χ2n) is 8.27. The molecule has 30 heavy (non-hydrogen) atoms. The average Bonchev–Trinajstić information content (AvgIpc) is 3.22. The Bertz CT molecular complexity index is 1130. The molecular weight excluding hydrogens is 386 g/mol. The molecule has 2 aromatic carbocycles. The number of nitrogens with zero attached hydrogens (tertiary/aromatic N) is 4. The van der Waals surface area contributed by atoms with Gasteiger partial charge in [-0.3, -0.25) is 4.90 Å². The second-order valence-corrected chi connectivity index (χ2v) is 8.27. The molecule has 7 heteroatoms. The summed E-state index contributed by atoms with van der Waals surface area (Å²) in [6.07, 6.45) is 3.00. The lowest BCUT2D eigenvalue weighted by Crippen LogP contribution is -2.34. The van der Waals surface area contributed by atoms with Crippen LogP contribution in [-0.2, 0) is 6.54 Å². The van der Waals surface area contributed by atoms with Crippen LogP contribution in [0.2, 0.25) is 0 Å². The number of halogens is 2. The van der Waals surface area contributed by atoms with Crippen molar-refractivity contribution in [2.75, 3.05) is 13.1 Å². The van der Waals surface area contributed by atoms with Crippen molar-refractivity contribution in [2.45, 2.75) is 31.7 Å². The predicted octanol–water partition coefficient (Wildman–Crippen LogP) is 4.66. The first kappa shape index (κ1) is 18.9. The summed E-state index contributed by atoms with van der Waals surface area (Å²) in [6.45, 7) is 2.30. The molecule has 0 bridgehead atoms. The molecule has 1 saturated carbocycles. The van der Waals surface area contributed by atoms with Crippen LogP contribution in [0, 0.1) is 28.4 Å². The number of benzene rings is 2. The fraction of sp³-hybridized carbons (Fsp3) is 0.348. The average molecular weight is 406 g/mol. The van der Waals surface area contributed by atoms with Crippen molar-refractivity contribution >= 4 is 0 Å². The standard InChI is InChI=1S/C23H20F2N4O/c24-18-3-1-2-16(11-18)21-27-28-22(30-21)19-12-23(19)6-8-29(9-7-23)14-17-5-4-15(13-26)10-20(17)25/h1-5,10-11,19H,6-9,12,14H2/t19-/m0/s1. The molecule has 0 radical (unpaired) electrons. The highest BCUT2D eigenvalue weighted by Gasteiger charge is 2.58. The Balaban J connectivity index is 1.21. The molecule has 1 saturated heterocycles. The van der Waals surface area contributed by atoms with Crippen LogP contribution in [0.5, 0.6) is 0 Å². The molecule has 1 spiro atoms. The molecule has 5 nitrogen and oxygen atoms in total. The molecule has 2 heterocycles. The van der Waals surface area contributed by atoms with E-state index >= 15 is 0 Å². The number of hydrogen-bond donors (Lipinski definition) is 0. The topological polar surface area (TPSA) is 66.0 Å². The Morgan fingerprint density at radius 2 is 1.97 bits per heavy atom. The normalized spacial score (nSPS) is 20.2. The monoisotopic (exact) mass is 406 g/mol. The predicted molar refractivity (Wildman–Crippen MR) is 105 cm³/mol. The summed E-state index contributed by atoms with van der Waals surface area (Å²) < 4.78 is 33.5. The van der Waals surface area contributed by atoms with Gasteiger partial charge < -0.3 is 4.42 Å². The third-order valence-electron chi connectivity index (χ3n) is 6.43. The van der Waals surface area contributed by atoms with Crippen molar-refractivity contribution in [1.29, 1.82) is 5.26 Å². The second kappa shape index (κ2) is 7.29. The van der Waals surface area contributed by atoms with Gasteiger partial charge in [0, 0.05) is 23.6 Å². The summed E-state index contributed by atoms with van der Waals surface area (Å²) in [5, 5.41) is 17.2. The number of piperidine rings is 1. The Morgan fingerprint density at radius 1 is 1.13 bits per heavy atom. The molecule has 0 N–H and O–H groups in total. The molecule has 2 aliphatic rings. The first-order valence-corrected chi connectivity index (χ1v) is 10.1. The fourth-order valence-electron chi connectivity index (χ4n) is 4.51. The number of rotatable bonds is 4. The Labute approximate surface area is 173 Å². The summed E-state index contributed by atoms with van der Waals surface area (Å²) in [5.74, 6) is 0.554. The molecule has 152 valence electrons. The fourth-order valence-corrected chi connectivity index (χ4v) is 4.51. The highest BCUT2D eigenvalue weighted by molar-refractivity contribution is 5.52. The molecule has 1 aliphatic carbocycles. The lowest BCUT2D eigenvalue weighted by atomic mass is 9.90. The van der Waals surface area contributed by atoms with Crippen molar-refractivity contribution in [3.8, 4) is 17.5 Å². The lowest BCUT2D eigenvalue weighted by molar-refractivity contribution is 0.158. The van der Waals surface area contributed by atoms with E-state index in [0.29, 0.717) is 35.0 Å². The lowest BCUT2D eigenvalue weighted by Gasteiger charge is -2.32. The van der Waals surface area contributed by atoms with Gasteiger partial charge in [0.05, 0.1) is 11.6 Å². The third-order valence-corrected chi connectivity index (χ3v) is 6.43. The molecular formula is C23H20F2N4O. The van der Waals surface area contributed by atoms with E-state index in [2.05, 4.69) is 15.1 Å². The maximum atomic E-state index is 14.2. The van der Waals surface area contributed by atoms with E-state index in [1.165, 1.54) is 18.2 Å². The Morgan fingerprint density at radius 3 is 2.70 bits per heavy atom. The van der Waals surface area contributed by atoms with Crippen LogP contribution in [0.3, 0.4) is 0 Å². The number of hydrogen-bond acceptors (Lipinski definition) is 5. The molecule has 3 aromatic rings. The number of nitriles is 1. The van der Waals surface area contributed by atoms with Gasteiger partial charge in [-0.05, 0) is 68.1 Å². The van der Waals surface area contributed by atoms with Crippen LogP contribution in [0.1, 0.15) is 42.2 Å². The molecule has 1 aromatic heterocycles. The van der Waals surface area contributed by atoms with E-state index in [1.54, 1.807) is 24.3 Å². The minimum atomic E-state index is -0.332. The van der Waals surface area contributed by atoms with Gasteiger partial charge >= 0.3 is 0 Å². The smallest absolute Gasteiger partial charge is 0.247 e. The molecule has 1 aliphatic heterocycles. The van der Waals surface area contributed by atoms with E-state index in [9.17, 15) is 8.78 Å². The van der Waals surface area contributed by atoms with Gasteiger partial charge in [0.1, 0.15) is 11.6 Å². The van der Waals surface area contributed by atoms with Gasteiger partial charge in [-0.2, -0.15) is 5.26 Å². The number of likely N-dealkylation sites (tertiary alicyclic amines) is 1. The zero-order valence-corrected chi connectivity index (χ0v) is 16.3. The summed E-state index contributed by atoms with van der Waals surface area (Å²) in [6, 6.07) is 12.8. The van der Waals surface area contributed by atoms with Gasteiger partial charge in [0.15, 0.2) is 0 Å². The quantitative estimate of drug-likeness (QED) is 0.631. The highest BCUT2D eigenvalue weighted by Crippen LogP contribution is 2.64. The number of aromatic nitrogens is 2. The molecule has 0 unspecified atom stereocenters. The Kier molecular flexibility index (Phi) is 4.59. The van der Waals surface area contributed by atoms with E-state index in [4.69, 9.17) is 9.68 Å². The minimum absolute atomic E-state index is 0.172. The van der Waals surface area contributed by atoms with Gasteiger partial charge in [-0.15, -0.1) is 10.2 Å². The summed E-state index contributed by atoms with van der Waals surface area (Å²) in [5.41, 5.74) is 1.72. The van der Waals surface area contributed by atoms with Crippen molar-refractivity contribution in [3.63, 3.8) is 0 Å². The largest absolute Gasteiger partial charge is 0.420 e. The Hall–Kier alpha value is -3.11. The van der Waals surface area contributed by atoms with Crippen LogP contribution in [0.4, 0.5) is 8.78 Å². The van der Waals surface area contributed by atoms with Gasteiger partial charge in [-0.1, -0.05) is 12.1 Å². The summed E-state index contributed by atoms with van der Waals surface area (Å²) in [7, 11) is 0. The highest BCUT2D eigenvalue weighted by atomic mass is 19.1. The van der Waals surface area contributed by atoms with Crippen LogP contribution < -0.4 is 0 Å². The molecule has 5 rings (SSSR count). The molecule has 1 atom stereocenters. The van der Waals surface area contributed by atoms with E-state index in [0.717, 1.165) is 32.4 Å². The maximum Gasteiger partial charge on any atom is 0.247 e. The third kappa shape index (κ3) is 3.48. The van der Waals surface area contributed by atoms with Gasteiger partial charge in [0.2, 0.25) is 11.8 Å². The van der Waals surface area contributed by atoms with E-state index in [1.807, 2.05) is 6.07 Å². The van der Waals surface area contributed by atoms with E-state index in [-0.39, 0.29) is 23.0 Å².